The minimum absolute atomic E-state index is 0.0557. The molecule has 0 bridgehead atoms. The highest BCUT2D eigenvalue weighted by atomic mass is 16.4. The molecule has 142 valence electrons. The van der Waals surface area contributed by atoms with Gasteiger partial charge in [0.25, 0.3) is 0 Å². The summed E-state index contributed by atoms with van der Waals surface area (Å²) in [6.45, 7) is -0.0563. The summed E-state index contributed by atoms with van der Waals surface area (Å²) in [6.07, 6.45) is -0.206. The molecule has 1 aromatic rings. The van der Waals surface area contributed by atoms with Gasteiger partial charge in [0.2, 0.25) is 11.8 Å². The zero-order valence-corrected chi connectivity index (χ0v) is 14.2. The Labute approximate surface area is 150 Å². The number of carboxylic acid groups (broad SMARTS) is 2. The van der Waals surface area contributed by atoms with Crippen LogP contribution in [0.1, 0.15) is 24.8 Å². The van der Waals surface area contributed by atoms with Gasteiger partial charge in [0.05, 0.1) is 6.42 Å². The van der Waals surface area contributed by atoms with Gasteiger partial charge in [0, 0.05) is 19.4 Å². The lowest BCUT2D eigenvalue weighted by Crippen LogP contribution is -2.48. The van der Waals surface area contributed by atoms with Gasteiger partial charge in [0.1, 0.15) is 12.1 Å². The van der Waals surface area contributed by atoms with Crippen LogP contribution in [0.5, 0.6) is 0 Å². The number of nitrogens with one attached hydrogen (secondary N) is 2. The fourth-order valence-corrected chi connectivity index (χ4v) is 2.15. The third kappa shape index (κ3) is 8.25. The van der Waals surface area contributed by atoms with Gasteiger partial charge in [-0.05, 0) is 12.0 Å². The number of aliphatic carboxylic acids is 2. The van der Waals surface area contributed by atoms with Gasteiger partial charge in [-0.15, -0.1) is 0 Å². The highest BCUT2D eigenvalue weighted by Crippen LogP contribution is 2.05. The standard InChI is InChI=1S/C17H23N3O6/c18-12(17(25)26)6-7-14(21)20-13(10-11-4-2-1-3-5-11)16(24)19-9-8-15(22)23/h1-5,12-13H,6-10,18H2,(H,19,24)(H,20,21)(H,22,23)(H,25,26)/t12-,13-/m0/s1. The maximum absolute atomic E-state index is 12.3. The van der Waals surface area contributed by atoms with Crippen LogP contribution in [0.15, 0.2) is 30.3 Å². The molecule has 1 rings (SSSR count). The van der Waals surface area contributed by atoms with Crippen molar-refractivity contribution in [2.24, 2.45) is 5.73 Å². The molecule has 26 heavy (non-hydrogen) atoms. The molecule has 0 aliphatic heterocycles. The van der Waals surface area contributed by atoms with E-state index in [0.717, 1.165) is 5.56 Å². The van der Waals surface area contributed by atoms with Gasteiger partial charge in [0.15, 0.2) is 0 Å². The predicted octanol–water partition coefficient (Wildman–Crippen LogP) is -0.503. The number of rotatable bonds is 11. The molecule has 0 saturated heterocycles. The van der Waals surface area contributed by atoms with E-state index in [1.165, 1.54) is 0 Å². The van der Waals surface area contributed by atoms with Crippen LogP contribution in [-0.4, -0.2) is 52.6 Å². The number of nitrogens with two attached hydrogens (primary N) is 1. The first-order valence-corrected chi connectivity index (χ1v) is 8.10. The molecule has 2 atom stereocenters. The Morgan fingerprint density at radius 3 is 2.27 bits per heavy atom. The molecule has 0 heterocycles. The van der Waals surface area contributed by atoms with E-state index in [9.17, 15) is 19.2 Å². The zero-order chi connectivity index (χ0) is 19.5. The third-order valence-corrected chi connectivity index (χ3v) is 3.57. The van der Waals surface area contributed by atoms with E-state index in [-0.39, 0.29) is 32.2 Å². The van der Waals surface area contributed by atoms with Gasteiger partial charge < -0.3 is 26.6 Å². The van der Waals surface area contributed by atoms with E-state index >= 15 is 0 Å². The summed E-state index contributed by atoms with van der Waals surface area (Å²) in [5, 5.41) is 22.4. The molecule has 0 radical (unpaired) electrons. The van der Waals surface area contributed by atoms with Gasteiger partial charge >= 0.3 is 11.9 Å². The molecule has 0 spiro atoms. The summed E-state index contributed by atoms with van der Waals surface area (Å²) < 4.78 is 0. The van der Waals surface area contributed by atoms with Crippen molar-refractivity contribution in [3.63, 3.8) is 0 Å². The lowest BCUT2D eigenvalue weighted by atomic mass is 10.0. The van der Waals surface area contributed by atoms with Crippen LogP contribution >= 0.6 is 0 Å². The van der Waals surface area contributed by atoms with E-state index < -0.39 is 35.8 Å². The Morgan fingerprint density at radius 2 is 1.69 bits per heavy atom. The summed E-state index contributed by atoms with van der Waals surface area (Å²) in [4.78, 5) is 45.5. The van der Waals surface area contributed by atoms with E-state index in [1.54, 1.807) is 24.3 Å². The van der Waals surface area contributed by atoms with Gasteiger partial charge in [-0.1, -0.05) is 30.3 Å². The zero-order valence-electron chi connectivity index (χ0n) is 14.2. The second kappa shape index (κ2) is 10.8. The van der Waals surface area contributed by atoms with Crippen molar-refractivity contribution in [1.29, 1.82) is 0 Å². The van der Waals surface area contributed by atoms with E-state index in [4.69, 9.17) is 15.9 Å². The second-order valence-corrected chi connectivity index (χ2v) is 5.73. The minimum Gasteiger partial charge on any atom is -0.481 e. The van der Waals surface area contributed by atoms with Crippen LogP contribution in [0.25, 0.3) is 0 Å². The highest BCUT2D eigenvalue weighted by molar-refractivity contribution is 5.88. The van der Waals surface area contributed by atoms with E-state index in [2.05, 4.69) is 10.6 Å². The van der Waals surface area contributed by atoms with Gasteiger partial charge in [-0.25, -0.2) is 0 Å². The maximum atomic E-state index is 12.3. The van der Waals surface area contributed by atoms with Crippen molar-refractivity contribution in [1.82, 2.24) is 10.6 Å². The largest absolute Gasteiger partial charge is 0.481 e. The van der Waals surface area contributed by atoms with Crippen molar-refractivity contribution in [3.05, 3.63) is 35.9 Å². The van der Waals surface area contributed by atoms with Crippen molar-refractivity contribution in [2.75, 3.05) is 6.54 Å². The van der Waals surface area contributed by atoms with E-state index in [0.29, 0.717) is 0 Å². The van der Waals surface area contributed by atoms with Crippen LogP contribution in [0.2, 0.25) is 0 Å². The number of hydrogen-bond donors (Lipinski definition) is 5. The molecule has 0 fully saturated rings. The molecule has 1 aromatic carbocycles. The molecule has 0 aromatic heterocycles. The van der Waals surface area contributed by atoms with Crippen molar-refractivity contribution < 1.29 is 29.4 Å². The number of carboxylic acids is 2. The van der Waals surface area contributed by atoms with E-state index in [1.807, 2.05) is 6.07 Å². The summed E-state index contributed by atoms with van der Waals surface area (Å²) in [5.41, 5.74) is 6.17. The molecule has 0 aliphatic carbocycles. The fraction of sp³-hybridized carbons (Fsp3) is 0.412. The third-order valence-electron chi connectivity index (χ3n) is 3.57. The molecule has 6 N–H and O–H groups in total. The first-order chi connectivity index (χ1) is 12.3. The smallest absolute Gasteiger partial charge is 0.320 e. The first-order valence-electron chi connectivity index (χ1n) is 8.10. The highest BCUT2D eigenvalue weighted by Gasteiger charge is 2.22. The van der Waals surface area contributed by atoms with Crippen LogP contribution < -0.4 is 16.4 Å². The second-order valence-electron chi connectivity index (χ2n) is 5.73. The number of carbonyl (C=O) groups is 4. The predicted molar refractivity (Wildman–Crippen MR) is 92.2 cm³/mol. The fourth-order valence-electron chi connectivity index (χ4n) is 2.15. The van der Waals surface area contributed by atoms with Crippen LogP contribution in [0, 0.1) is 0 Å². The Hall–Kier alpha value is -2.94. The maximum Gasteiger partial charge on any atom is 0.320 e. The van der Waals surface area contributed by atoms with Gasteiger partial charge in [-0.3, -0.25) is 19.2 Å². The minimum atomic E-state index is -1.20. The topological polar surface area (TPSA) is 159 Å². The summed E-state index contributed by atoms with van der Waals surface area (Å²) in [5.74, 6) is -3.26. The Balaban J connectivity index is 2.67. The molecule has 0 saturated carbocycles. The molecule has 9 heteroatoms. The van der Waals surface area contributed by atoms with Crippen molar-refractivity contribution in [3.8, 4) is 0 Å². The molecule has 2 amide bonds. The van der Waals surface area contributed by atoms with Crippen LogP contribution in [0.3, 0.4) is 0 Å². The molecule has 9 nitrogen and oxygen atoms in total. The van der Waals surface area contributed by atoms with Crippen molar-refractivity contribution in [2.45, 2.75) is 37.8 Å². The quantitative estimate of drug-likeness (QED) is 0.353. The summed E-state index contributed by atoms with van der Waals surface area (Å²) in [6, 6.07) is 6.94. The molecule has 0 unspecified atom stereocenters. The number of amides is 2. The lowest BCUT2D eigenvalue weighted by Gasteiger charge is -2.19. The normalized spacial score (nSPS) is 12.7. The monoisotopic (exact) mass is 365 g/mol. The Morgan fingerprint density at radius 1 is 1.04 bits per heavy atom. The SMILES string of the molecule is N[C@@H](CCC(=O)N[C@@H](Cc1ccccc1)C(=O)NCCC(=O)O)C(=O)O. The number of carbonyl (C=O) groups excluding carboxylic acids is 2. The lowest BCUT2D eigenvalue weighted by molar-refractivity contribution is -0.139. The van der Waals surface area contributed by atoms with Crippen molar-refractivity contribution >= 4 is 23.8 Å². The van der Waals surface area contributed by atoms with Gasteiger partial charge in [-0.2, -0.15) is 0 Å². The number of benzene rings is 1. The first kappa shape index (κ1) is 21.1. The molecule has 0 aliphatic rings. The average Bonchev–Trinajstić information content (AvgIpc) is 2.59. The summed E-state index contributed by atoms with van der Waals surface area (Å²) >= 11 is 0. The Kier molecular flexibility index (Phi) is 8.79. The van der Waals surface area contributed by atoms with Crippen LogP contribution in [0.4, 0.5) is 0 Å². The number of hydrogen-bond acceptors (Lipinski definition) is 5. The average molecular weight is 365 g/mol. The summed E-state index contributed by atoms with van der Waals surface area (Å²) in [7, 11) is 0. The Bertz CT molecular complexity index is 635. The molecular formula is C17H23N3O6. The van der Waals surface area contributed by atoms with Crippen LogP contribution in [-0.2, 0) is 25.6 Å². The molecular weight excluding hydrogens is 342 g/mol.